The van der Waals surface area contributed by atoms with E-state index in [0.29, 0.717) is 18.1 Å². The first-order chi connectivity index (χ1) is 7.70. The molecule has 1 aromatic carbocycles. The molecular weight excluding hydrogens is 204 g/mol. The third kappa shape index (κ3) is 2.02. The fraction of sp³-hybridized carbons (Fsp3) is 0.333. The Kier molecular flexibility index (Phi) is 2.84. The number of ether oxygens (including phenoxy) is 1. The zero-order chi connectivity index (χ0) is 11.5. The standard InChI is InChI=1S/C12H13N2O2/c1-8-4-10-3-2-9(11(15)6-14-13)5-12(10)16-7-8/h2-3,5-6,8,13H,4,7H2,1H3/q+1. The van der Waals surface area contributed by atoms with Crippen molar-refractivity contribution in [1.29, 1.82) is 5.53 Å². The van der Waals surface area contributed by atoms with Crippen LogP contribution in [0.1, 0.15) is 22.8 Å². The average molecular weight is 217 g/mol. The summed E-state index contributed by atoms with van der Waals surface area (Å²) in [5.74, 6) is 1.03. The Morgan fingerprint density at radius 2 is 2.44 bits per heavy atom. The smallest absolute Gasteiger partial charge is 0.377 e. The van der Waals surface area contributed by atoms with Gasteiger partial charge < -0.3 is 4.74 Å². The van der Waals surface area contributed by atoms with Gasteiger partial charge in [-0.15, -0.1) is 0 Å². The average Bonchev–Trinajstić information content (AvgIpc) is 2.28. The minimum Gasteiger partial charge on any atom is -0.493 e. The van der Waals surface area contributed by atoms with Gasteiger partial charge in [0.15, 0.2) is 0 Å². The summed E-state index contributed by atoms with van der Waals surface area (Å²) < 4.78 is 5.56. The Morgan fingerprint density at radius 3 is 3.19 bits per heavy atom. The molecule has 0 saturated carbocycles. The fourth-order valence-corrected chi connectivity index (χ4v) is 1.81. The van der Waals surface area contributed by atoms with Crippen molar-refractivity contribution in [2.24, 2.45) is 5.92 Å². The van der Waals surface area contributed by atoms with Gasteiger partial charge in [0.1, 0.15) is 5.75 Å². The van der Waals surface area contributed by atoms with Gasteiger partial charge in [-0.3, -0.25) is 4.79 Å². The van der Waals surface area contributed by atoms with Crippen molar-refractivity contribution in [1.82, 2.24) is 0 Å². The molecular formula is C12H13N2O2+. The molecule has 0 spiro atoms. The van der Waals surface area contributed by atoms with Crippen LogP contribution in [0.25, 0.3) is 0 Å². The molecule has 1 unspecified atom stereocenters. The van der Waals surface area contributed by atoms with E-state index in [-0.39, 0.29) is 5.78 Å². The Labute approximate surface area is 93.5 Å². The highest BCUT2D eigenvalue weighted by atomic mass is 16.5. The number of ketones is 1. The maximum absolute atomic E-state index is 11.5. The molecule has 1 atom stereocenters. The Morgan fingerprint density at radius 1 is 1.62 bits per heavy atom. The molecule has 1 aromatic rings. The van der Waals surface area contributed by atoms with Crippen LogP contribution < -0.4 is 4.74 Å². The van der Waals surface area contributed by atoms with E-state index < -0.39 is 0 Å². The van der Waals surface area contributed by atoms with Gasteiger partial charge in [-0.1, -0.05) is 19.1 Å². The molecule has 4 heteroatoms. The Hall–Kier alpha value is -1.93. The van der Waals surface area contributed by atoms with E-state index in [0.717, 1.165) is 23.9 Å². The van der Waals surface area contributed by atoms with Crippen LogP contribution in [0, 0.1) is 11.4 Å². The number of rotatable bonds is 2. The quantitative estimate of drug-likeness (QED) is 0.355. The first-order valence-electron chi connectivity index (χ1n) is 5.20. The van der Waals surface area contributed by atoms with Crippen molar-refractivity contribution in [3.63, 3.8) is 0 Å². The number of carbonyl (C=O) groups is 1. The molecule has 4 nitrogen and oxygen atoms in total. The SMILES string of the molecule is CC1COc2cc(C(=O)C=[N+]=N)ccc2C1. The summed E-state index contributed by atoms with van der Waals surface area (Å²) >= 11 is 0. The second-order valence-electron chi connectivity index (χ2n) is 4.07. The van der Waals surface area contributed by atoms with E-state index in [2.05, 4.69) is 11.7 Å². The summed E-state index contributed by atoms with van der Waals surface area (Å²) in [6.45, 7) is 2.83. The van der Waals surface area contributed by atoms with Crippen molar-refractivity contribution in [3.05, 3.63) is 29.3 Å². The van der Waals surface area contributed by atoms with Gasteiger partial charge >= 0.3 is 6.21 Å². The number of Topliss-reactive ketones (excluding diaryl/α,β-unsaturated/α-hetero) is 1. The molecule has 0 aromatic heterocycles. The molecule has 1 N–H and O–H groups in total. The highest BCUT2D eigenvalue weighted by Gasteiger charge is 2.18. The first-order valence-corrected chi connectivity index (χ1v) is 5.20. The summed E-state index contributed by atoms with van der Waals surface area (Å²) in [7, 11) is 0. The zero-order valence-electron chi connectivity index (χ0n) is 9.06. The van der Waals surface area contributed by atoms with Crippen LogP contribution in [0.4, 0.5) is 0 Å². The number of carbonyl (C=O) groups excluding carboxylic acids is 1. The molecule has 0 saturated heterocycles. The molecule has 0 bridgehead atoms. The van der Waals surface area contributed by atoms with Crippen LogP contribution in [0.5, 0.6) is 5.75 Å². The molecule has 1 aliphatic heterocycles. The van der Waals surface area contributed by atoms with E-state index >= 15 is 0 Å². The van der Waals surface area contributed by atoms with Crippen LogP contribution in [-0.2, 0) is 6.42 Å². The second kappa shape index (κ2) is 4.29. The fourth-order valence-electron chi connectivity index (χ4n) is 1.81. The lowest BCUT2D eigenvalue weighted by molar-refractivity contribution is -0.111. The van der Waals surface area contributed by atoms with Crippen molar-refractivity contribution < 1.29 is 14.3 Å². The number of nitrogens with one attached hydrogen (secondary N) is 1. The maximum atomic E-state index is 11.5. The molecule has 0 fully saturated rings. The summed E-state index contributed by atoms with van der Waals surface area (Å²) in [6.07, 6.45) is 1.98. The monoisotopic (exact) mass is 217 g/mol. The number of fused-ring (bicyclic) bond motifs is 1. The van der Waals surface area contributed by atoms with Gasteiger partial charge in [0, 0.05) is 5.56 Å². The second-order valence-corrected chi connectivity index (χ2v) is 4.07. The largest absolute Gasteiger partial charge is 0.493 e. The Balaban J connectivity index is 2.32. The van der Waals surface area contributed by atoms with E-state index in [9.17, 15) is 4.79 Å². The highest BCUT2D eigenvalue weighted by Crippen LogP contribution is 2.28. The molecule has 16 heavy (non-hydrogen) atoms. The predicted molar refractivity (Wildman–Crippen MR) is 58.2 cm³/mol. The number of nitrogens with zero attached hydrogens (tertiary/aromatic N) is 1. The van der Waals surface area contributed by atoms with Crippen LogP contribution in [0.2, 0.25) is 0 Å². The zero-order valence-corrected chi connectivity index (χ0v) is 9.06. The van der Waals surface area contributed by atoms with Gasteiger partial charge in [-0.25, -0.2) is 0 Å². The van der Waals surface area contributed by atoms with E-state index in [1.54, 1.807) is 12.1 Å². The lowest BCUT2D eigenvalue weighted by Crippen LogP contribution is -2.18. The predicted octanol–water partition coefficient (Wildman–Crippen LogP) is 1.75. The molecule has 82 valence electrons. The van der Waals surface area contributed by atoms with Crippen molar-refractivity contribution >= 4 is 12.0 Å². The minimum absolute atomic E-state index is 0.264. The topological polar surface area (TPSA) is 64.2 Å². The maximum Gasteiger partial charge on any atom is 0.377 e. The molecule has 1 aliphatic rings. The third-order valence-corrected chi connectivity index (χ3v) is 2.63. The number of benzene rings is 1. The molecule has 1 heterocycles. The summed E-state index contributed by atoms with van der Waals surface area (Å²) in [6, 6.07) is 5.39. The van der Waals surface area contributed by atoms with Gasteiger partial charge in [0.25, 0.3) is 5.78 Å². The van der Waals surface area contributed by atoms with Crippen LogP contribution in [0.3, 0.4) is 0 Å². The van der Waals surface area contributed by atoms with Crippen LogP contribution in [0.15, 0.2) is 18.2 Å². The molecule has 0 amide bonds. The number of hydrogen-bond donors (Lipinski definition) is 1. The summed E-state index contributed by atoms with van der Waals surface area (Å²) in [5.41, 5.74) is 8.27. The van der Waals surface area contributed by atoms with Crippen LogP contribution >= 0.6 is 0 Å². The molecule has 0 aliphatic carbocycles. The van der Waals surface area contributed by atoms with Gasteiger partial charge in [-0.05, 0) is 24.0 Å². The van der Waals surface area contributed by atoms with Gasteiger partial charge in [0.2, 0.25) is 0 Å². The first kappa shape index (κ1) is 10.6. The van der Waals surface area contributed by atoms with Crippen LogP contribution in [-0.4, -0.2) is 23.4 Å². The molecule has 0 radical (unpaired) electrons. The van der Waals surface area contributed by atoms with Gasteiger partial charge in [0.05, 0.1) is 16.9 Å². The number of hydrogen-bond acceptors (Lipinski definition) is 3. The van der Waals surface area contributed by atoms with Crippen molar-refractivity contribution in [3.8, 4) is 5.75 Å². The van der Waals surface area contributed by atoms with Crippen molar-refractivity contribution in [2.45, 2.75) is 13.3 Å². The molecule has 2 rings (SSSR count). The lowest BCUT2D eigenvalue weighted by Gasteiger charge is -2.22. The third-order valence-electron chi connectivity index (χ3n) is 2.63. The normalized spacial score (nSPS) is 17.9. The Bertz CT molecular complexity index is 476. The van der Waals surface area contributed by atoms with Crippen molar-refractivity contribution in [2.75, 3.05) is 6.61 Å². The summed E-state index contributed by atoms with van der Waals surface area (Å²) in [4.78, 5) is 14.4. The van der Waals surface area contributed by atoms with Gasteiger partial charge in [-0.2, -0.15) is 0 Å². The van der Waals surface area contributed by atoms with E-state index in [4.69, 9.17) is 10.3 Å². The minimum atomic E-state index is -0.264. The van der Waals surface area contributed by atoms with E-state index in [1.165, 1.54) is 0 Å². The highest BCUT2D eigenvalue weighted by molar-refractivity contribution is 6.33. The van der Waals surface area contributed by atoms with E-state index in [1.807, 2.05) is 6.07 Å². The lowest BCUT2D eigenvalue weighted by atomic mass is 9.96. The summed E-state index contributed by atoms with van der Waals surface area (Å²) in [5, 5.41) is 0.